The number of rotatable bonds is 2. The van der Waals surface area contributed by atoms with Crippen molar-refractivity contribution in [2.75, 3.05) is 6.54 Å². The monoisotopic (exact) mass is 344 g/mol. The number of thiophene rings is 1. The maximum absolute atomic E-state index is 12.9. The van der Waals surface area contributed by atoms with Gasteiger partial charge < -0.3 is 9.47 Å². The molecule has 0 fully saturated rings. The Morgan fingerprint density at radius 2 is 2.17 bits per heavy atom. The van der Waals surface area contributed by atoms with Gasteiger partial charge in [0.2, 0.25) is 0 Å². The molecule has 3 heterocycles. The molecule has 0 saturated carbocycles. The molecule has 128 valence electrons. The van der Waals surface area contributed by atoms with Gasteiger partial charge in [0, 0.05) is 23.9 Å². The molecular weight excluding hydrogens is 320 g/mol. The molecule has 6 heteroatoms. The summed E-state index contributed by atoms with van der Waals surface area (Å²) < 4.78 is 2.18. The summed E-state index contributed by atoms with van der Waals surface area (Å²) in [5.74, 6) is 3.19. The lowest BCUT2D eigenvalue weighted by molar-refractivity contribution is 0.0711. The summed E-state index contributed by atoms with van der Waals surface area (Å²) in [6.07, 6.45) is 3.48. The molecule has 4 rings (SSSR count). The Morgan fingerprint density at radius 1 is 1.33 bits per heavy atom. The topological polar surface area (TPSA) is 51.0 Å². The van der Waals surface area contributed by atoms with Crippen LogP contribution in [-0.2, 0) is 25.9 Å². The van der Waals surface area contributed by atoms with Crippen molar-refractivity contribution in [3.8, 4) is 0 Å². The minimum Gasteiger partial charge on any atom is -0.329 e. The maximum Gasteiger partial charge on any atom is 0.264 e. The number of carbonyl (C=O) groups excluding carboxylic acids is 1. The minimum absolute atomic E-state index is 0.155. The first-order valence-corrected chi connectivity index (χ1v) is 9.67. The maximum atomic E-state index is 12.9. The molecule has 0 N–H and O–H groups in total. The Bertz CT molecular complexity index is 776. The van der Waals surface area contributed by atoms with Crippen LogP contribution in [0.25, 0.3) is 0 Å². The Kier molecular flexibility index (Phi) is 3.95. The lowest BCUT2D eigenvalue weighted by Gasteiger charge is -2.27. The fourth-order valence-electron chi connectivity index (χ4n) is 3.75. The highest BCUT2D eigenvalue weighted by Gasteiger charge is 2.28. The molecule has 1 atom stereocenters. The van der Waals surface area contributed by atoms with Crippen LogP contribution in [0, 0.1) is 5.92 Å². The summed E-state index contributed by atoms with van der Waals surface area (Å²) in [5, 5.41) is 8.60. The molecule has 1 amide bonds. The van der Waals surface area contributed by atoms with E-state index in [-0.39, 0.29) is 5.91 Å². The zero-order valence-electron chi connectivity index (χ0n) is 14.6. The first-order valence-electron chi connectivity index (χ1n) is 8.85. The average Bonchev–Trinajstić information content (AvgIpc) is 3.16. The van der Waals surface area contributed by atoms with Gasteiger partial charge in [-0.2, -0.15) is 0 Å². The van der Waals surface area contributed by atoms with Gasteiger partial charge in [0.15, 0.2) is 5.82 Å². The van der Waals surface area contributed by atoms with Crippen LogP contribution in [0.2, 0.25) is 0 Å². The Balaban J connectivity index is 1.54. The van der Waals surface area contributed by atoms with Gasteiger partial charge in [-0.1, -0.05) is 20.8 Å². The van der Waals surface area contributed by atoms with Gasteiger partial charge >= 0.3 is 0 Å². The molecular formula is C18H24N4OS. The number of aromatic nitrogens is 3. The molecule has 0 saturated heterocycles. The number of hydrogen-bond acceptors (Lipinski definition) is 4. The smallest absolute Gasteiger partial charge is 0.264 e. The second-order valence-electron chi connectivity index (χ2n) is 7.41. The normalized spacial score (nSPS) is 20.2. The number of hydrogen-bond donors (Lipinski definition) is 0. The summed E-state index contributed by atoms with van der Waals surface area (Å²) in [6, 6.07) is 2.14. The first-order chi connectivity index (χ1) is 11.5. The van der Waals surface area contributed by atoms with Crippen molar-refractivity contribution in [1.82, 2.24) is 19.7 Å². The number of aryl methyl sites for hydroxylation is 1. The molecule has 2 aliphatic rings. The predicted molar refractivity (Wildman–Crippen MR) is 94.4 cm³/mol. The highest BCUT2D eigenvalue weighted by atomic mass is 32.1. The van der Waals surface area contributed by atoms with E-state index in [0.29, 0.717) is 12.5 Å². The Hall–Kier alpha value is -1.69. The van der Waals surface area contributed by atoms with E-state index in [2.05, 4.69) is 41.6 Å². The molecule has 2 aromatic heterocycles. The van der Waals surface area contributed by atoms with E-state index < -0.39 is 0 Å². The van der Waals surface area contributed by atoms with Crippen LogP contribution in [0.1, 0.15) is 64.9 Å². The Labute approximate surface area is 146 Å². The first kappa shape index (κ1) is 15.8. The van der Waals surface area contributed by atoms with E-state index in [1.54, 1.807) is 11.3 Å². The lowest BCUT2D eigenvalue weighted by atomic mass is 9.90. The number of nitrogens with zero attached hydrogens (tertiary/aromatic N) is 4. The minimum atomic E-state index is 0.155. The molecule has 0 aromatic carbocycles. The third-order valence-corrected chi connectivity index (χ3v) is 6.35. The predicted octanol–water partition coefficient (Wildman–Crippen LogP) is 3.24. The summed E-state index contributed by atoms with van der Waals surface area (Å²) in [4.78, 5) is 17.2. The fraction of sp³-hybridized carbons (Fsp3) is 0.611. The third-order valence-electron chi connectivity index (χ3n) is 5.13. The van der Waals surface area contributed by atoms with Gasteiger partial charge in [0.1, 0.15) is 5.82 Å². The van der Waals surface area contributed by atoms with E-state index in [4.69, 9.17) is 0 Å². The molecule has 1 aliphatic heterocycles. The van der Waals surface area contributed by atoms with E-state index >= 15 is 0 Å². The van der Waals surface area contributed by atoms with E-state index in [1.165, 1.54) is 16.9 Å². The quantitative estimate of drug-likeness (QED) is 0.840. The van der Waals surface area contributed by atoms with Crippen molar-refractivity contribution in [1.29, 1.82) is 0 Å². The van der Waals surface area contributed by atoms with Gasteiger partial charge in [-0.05, 0) is 36.8 Å². The van der Waals surface area contributed by atoms with Crippen molar-refractivity contribution in [3.05, 3.63) is 33.0 Å². The van der Waals surface area contributed by atoms with Crippen LogP contribution in [0.4, 0.5) is 0 Å². The van der Waals surface area contributed by atoms with Crippen LogP contribution in [0.15, 0.2) is 6.07 Å². The van der Waals surface area contributed by atoms with Crippen LogP contribution in [0.5, 0.6) is 0 Å². The summed E-state index contributed by atoms with van der Waals surface area (Å²) in [5.41, 5.74) is 1.39. The van der Waals surface area contributed by atoms with Crippen molar-refractivity contribution in [2.24, 2.45) is 5.92 Å². The number of amides is 1. The van der Waals surface area contributed by atoms with Crippen LogP contribution < -0.4 is 0 Å². The van der Waals surface area contributed by atoms with Gasteiger partial charge in [-0.3, -0.25) is 4.79 Å². The molecule has 2 aromatic rings. The summed E-state index contributed by atoms with van der Waals surface area (Å²) in [7, 11) is 0. The molecule has 0 spiro atoms. The molecule has 0 bridgehead atoms. The second-order valence-corrected chi connectivity index (χ2v) is 8.55. The molecule has 0 radical (unpaired) electrons. The van der Waals surface area contributed by atoms with Gasteiger partial charge in [0.05, 0.1) is 11.4 Å². The van der Waals surface area contributed by atoms with Gasteiger partial charge in [0.25, 0.3) is 5.91 Å². The number of fused-ring (bicyclic) bond motifs is 2. The zero-order chi connectivity index (χ0) is 16.8. The standard InChI is InChI=1S/C18H24N4OS/c1-11(2)17-20-19-16-10-21(6-7-22(16)17)18(23)15-9-13-8-12(3)4-5-14(13)24-15/h9,11-12H,4-8,10H2,1-3H3/t12-/m0/s1. The molecule has 24 heavy (non-hydrogen) atoms. The largest absolute Gasteiger partial charge is 0.329 e. The average molecular weight is 344 g/mol. The summed E-state index contributed by atoms with van der Waals surface area (Å²) in [6.45, 7) is 8.66. The lowest BCUT2D eigenvalue weighted by Crippen LogP contribution is -2.38. The highest BCUT2D eigenvalue weighted by Crippen LogP contribution is 2.33. The van der Waals surface area contributed by atoms with Crippen LogP contribution in [0.3, 0.4) is 0 Å². The highest BCUT2D eigenvalue weighted by molar-refractivity contribution is 7.14. The van der Waals surface area contributed by atoms with Crippen molar-refractivity contribution in [3.63, 3.8) is 0 Å². The van der Waals surface area contributed by atoms with Crippen LogP contribution >= 0.6 is 11.3 Å². The van der Waals surface area contributed by atoms with Gasteiger partial charge in [-0.25, -0.2) is 0 Å². The van der Waals surface area contributed by atoms with E-state index in [9.17, 15) is 4.79 Å². The zero-order valence-corrected chi connectivity index (χ0v) is 15.4. The molecule has 1 aliphatic carbocycles. The van der Waals surface area contributed by atoms with Crippen molar-refractivity contribution >= 4 is 17.2 Å². The molecule has 5 nitrogen and oxygen atoms in total. The van der Waals surface area contributed by atoms with Crippen molar-refractivity contribution in [2.45, 2.75) is 59.0 Å². The summed E-state index contributed by atoms with van der Waals surface area (Å²) >= 11 is 1.70. The van der Waals surface area contributed by atoms with E-state index in [0.717, 1.165) is 48.4 Å². The van der Waals surface area contributed by atoms with Gasteiger partial charge in [-0.15, -0.1) is 21.5 Å². The fourth-order valence-corrected chi connectivity index (χ4v) is 4.92. The number of carbonyl (C=O) groups is 1. The third kappa shape index (κ3) is 2.66. The molecule has 0 unspecified atom stereocenters. The Morgan fingerprint density at radius 3 is 2.96 bits per heavy atom. The SMILES string of the molecule is CC(C)c1nnc2n1CCN(C(=O)c1cc3c(s1)CC[C@H](C)C3)C2. The second kappa shape index (κ2) is 5.99. The van der Waals surface area contributed by atoms with E-state index in [1.807, 2.05) is 4.90 Å². The van der Waals surface area contributed by atoms with Crippen molar-refractivity contribution < 1.29 is 4.79 Å². The van der Waals surface area contributed by atoms with Crippen LogP contribution in [-0.4, -0.2) is 32.1 Å².